The second kappa shape index (κ2) is 6.76. The van der Waals surface area contributed by atoms with E-state index in [1.165, 1.54) is 48.8 Å². The van der Waals surface area contributed by atoms with Crippen LogP contribution in [0.3, 0.4) is 0 Å². The first-order valence-electron chi connectivity index (χ1n) is 7.61. The molecule has 0 heterocycles. The van der Waals surface area contributed by atoms with Crippen LogP contribution < -0.4 is 5.32 Å². The van der Waals surface area contributed by atoms with E-state index in [2.05, 4.69) is 38.2 Å². The van der Waals surface area contributed by atoms with Crippen LogP contribution in [0.4, 0.5) is 0 Å². The maximum Gasteiger partial charge on any atom is 0.0456 e. The van der Waals surface area contributed by atoms with E-state index in [9.17, 15) is 0 Å². The van der Waals surface area contributed by atoms with Gasteiger partial charge >= 0.3 is 0 Å². The average Bonchev–Trinajstić information content (AvgIpc) is 2.86. The fourth-order valence-electron chi connectivity index (χ4n) is 3.22. The van der Waals surface area contributed by atoms with Gasteiger partial charge in [-0.3, -0.25) is 0 Å². The molecule has 2 rings (SSSR count). The lowest BCUT2D eigenvalue weighted by molar-refractivity contribution is 0.400. The first-order valence-corrected chi connectivity index (χ1v) is 7.99. The van der Waals surface area contributed by atoms with Gasteiger partial charge in [-0.25, -0.2) is 0 Å². The standard InChI is InChI=1S/C17H26ClN/c1-4-19-17(11-14-7-5-6-8-14)15-9-12(2)13(3)10-16(15)18/h9-10,14,17,19H,4-8,11H2,1-3H3. The molecule has 0 radical (unpaired) electrons. The third-order valence-corrected chi connectivity index (χ3v) is 4.81. The number of nitrogens with one attached hydrogen (secondary N) is 1. The lowest BCUT2D eigenvalue weighted by Gasteiger charge is -2.23. The van der Waals surface area contributed by atoms with Gasteiger partial charge in [-0.15, -0.1) is 0 Å². The Balaban J connectivity index is 2.19. The zero-order chi connectivity index (χ0) is 13.8. The molecular weight excluding hydrogens is 254 g/mol. The second-order valence-corrected chi connectivity index (χ2v) is 6.36. The van der Waals surface area contributed by atoms with Crippen molar-refractivity contribution in [2.24, 2.45) is 5.92 Å². The molecule has 1 aliphatic carbocycles. The highest BCUT2D eigenvalue weighted by Crippen LogP contribution is 2.35. The number of halogens is 1. The van der Waals surface area contributed by atoms with Crippen LogP contribution in [0.25, 0.3) is 0 Å². The van der Waals surface area contributed by atoms with Crippen LogP contribution in [0.1, 0.15) is 61.8 Å². The molecule has 1 aromatic rings. The summed E-state index contributed by atoms with van der Waals surface area (Å²) in [6, 6.07) is 4.81. The molecule has 1 unspecified atom stereocenters. The summed E-state index contributed by atoms with van der Waals surface area (Å²) in [6.07, 6.45) is 6.83. The summed E-state index contributed by atoms with van der Waals surface area (Å²) < 4.78 is 0. The number of rotatable bonds is 5. The molecule has 0 spiro atoms. The Morgan fingerprint density at radius 3 is 2.47 bits per heavy atom. The van der Waals surface area contributed by atoms with E-state index >= 15 is 0 Å². The zero-order valence-corrected chi connectivity index (χ0v) is 13.2. The van der Waals surface area contributed by atoms with E-state index in [-0.39, 0.29) is 0 Å². The van der Waals surface area contributed by atoms with Crippen molar-refractivity contribution in [3.63, 3.8) is 0 Å². The minimum absolute atomic E-state index is 0.417. The minimum Gasteiger partial charge on any atom is -0.310 e. The molecular formula is C17H26ClN. The van der Waals surface area contributed by atoms with E-state index in [0.29, 0.717) is 6.04 Å². The predicted molar refractivity (Wildman–Crippen MR) is 83.9 cm³/mol. The zero-order valence-electron chi connectivity index (χ0n) is 12.4. The smallest absolute Gasteiger partial charge is 0.0456 e. The Kier molecular flexibility index (Phi) is 5.29. The van der Waals surface area contributed by atoms with Crippen LogP contribution in [-0.4, -0.2) is 6.54 Å². The van der Waals surface area contributed by atoms with Crippen molar-refractivity contribution in [3.05, 3.63) is 33.8 Å². The van der Waals surface area contributed by atoms with Crippen LogP contribution >= 0.6 is 11.6 Å². The Morgan fingerprint density at radius 2 is 1.84 bits per heavy atom. The normalized spacial score (nSPS) is 17.9. The molecule has 1 nitrogen and oxygen atoms in total. The van der Waals surface area contributed by atoms with E-state index in [1.54, 1.807) is 0 Å². The van der Waals surface area contributed by atoms with Gasteiger partial charge in [-0.1, -0.05) is 50.3 Å². The van der Waals surface area contributed by atoms with Gasteiger partial charge in [0.05, 0.1) is 0 Å². The van der Waals surface area contributed by atoms with Crippen molar-refractivity contribution < 1.29 is 0 Å². The van der Waals surface area contributed by atoms with Crippen molar-refractivity contribution in [3.8, 4) is 0 Å². The summed E-state index contributed by atoms with van der Waals surface area (Å²) in [6.45, 7) is 7.48. The number of hydrogen-bond acceptors (Lipinski definition) is 1. The van der Waals surface area contributed by atoms with Gasteiger partial charge in [0.25, 0.3) is 0 Å². The first kappa shape index (κ1) is 14.9. The molecule has 19 heavy (non-hydrogen) atoms. The Morgan fingerprint density at radius 1 is 1.21 bits per heavy atom. The third-order valence-electron chi connectivity index (χ3n) is 4.48. The predicted octanol–water partition coefficient (Wildman–Crippen LogP) is 5.19. The molecule has 1 aromatic carbocycles. The summed E-state index contributed by atoms with van der Waals surface area (Å²) in [5.41, 5.74) is 3.91. The SMILES string of the molecule is CCNC(CC1CCCC1)c1cc(C)c(C)cc1Cl. The summed E-state index contributed by atoms with van der Waals surface area (Å²) in [5.74, 6) is 0.877. The van der Waals surface area contributed by atoms with Crippen LogP contribution in [0.2, 0.25) is 5.02 Å². The van der Waals surface area contributed by atoms with Gasteiger partial charge in [-0.2, -0.15) is 0 Å². The topological polar surface area (TPSA) is 12.0 Å². The molecule has 1 N–H and O–H groups in total. The van der Waals surface area contributed by atoms with Gasteiger partial charge in [0.1, 0.15) is 0 Å². The number of aryl methyl sites for hydroxylation is 2. The highest BCUT2D eigenvalue weighted by atomic mass is 35.5. The maximum atomic E-state index is 6.48. The molecule has 1 saturated carbocycles. The highest BCUT2D eigenvalue weighted by molar-refractivity contribution is 6.31. The molecule has 106 valence electrons. The van der Waals surface area contributed by atoms with E-state index in [1.807, 2.05) is 0 Å². The van der Waals surface area contributed by atoms with Crippen LogP contribution in [0.15, 0.2) is 12.1 Å². The molecule has 0 aromatic heterocycles. The fourth-order valence-corrected chi connectivity index (χ4v) is 3.57. The van der Waals surface area contributed by atoms with Crippen molar-refractivity contribution in [1.82, 2.24) is 5.32 Å². The first-order chi connectivity index (χ1) is 9.11. The van der Waals surface area contributed by atoms with E-state index < -0.39 is 0 Å². The van der Waals surface area contributed by atoms with Crippen LogP contribution in [0.5, 0.6) is 0 Å². The molecule has 0 saturated heterocycles. The molecule has 0 aliphatic heterocycles. The summed E-state index contributed by atoms with van der Waals surface area (Å²) in [7, 11) is 0. The third kappa shape index (κ3) is 3.73. The largest absolute Gasteiger partial charge is 0.310 e. The van der Waals surface area contributed by atoms with Gasteiger partial charge < -0.3 is 5.32 Å². The number of hydrogen-bond donors (Lipinski definition) is 1. The van der Waals surface area contributed by atoms with Crippen LogP contribution in [-0.2, 0) is 0 Å². The van der Waals surface area contributed by atoms with Gasteiger partial charge in [0.2, 0.25) is 0 Å². The van der Waals surface area contributed by atoms with Crippen LogP contribution in [0, 0.1) is 19.8 Å². The highest BCUT2D eigenvalue weighted by Gasteiger charge is 2.22. The van der Waals surface area contributed by atoms with Gasteiger partial charge in [0.15, 0.2) is 0 Å². The Bertz CT molecular complexity index is 422. The summed E-state index contributed by atoms with van der Waals surface area (Å²) in [4.78, 5) is 0. The molecule has 0 amide bonds. The lowest BCUT2D eigenvalue weighted by atomic mass is 9.92. The molecule has 1 atom stereocenters. The minimum atomic E-state index is 0.417. The maximum absolute atomic E-state index is 6.48. The quantitative estimate of drug-likeness (QED) is 0.782. The van der Waals surface area contributed by atoms with E-state index in [0.717, 1.165) is 17.5 Å². The van der Waals surface area contributed by atoms with E-state index in [4.69, 9.17) is 11.6 Å². The van der Waals surface area contributed by atoms with Gasteiger partial charge in [0, 0.05) is 11.1 Å². The monoisotopic (exact) mass is 279 g/mol. The molecule has 1 fully saturated rings. The Labute approximate surface area is 122 Å². The Hall–Kier alpha value is -0.530. The molecule has 0 bridgehead atoms. The van der Waals surface area contributed by atoms with Crippen molar-refractivity contribution in [1.29, 1.82) is 0 Å². The van der Waals surface area contributed by atoms with Crippen molar-refractivity contribution in [2.45, 2.75) is 58.9 Å². The lowest BCUT2D eigenvalue weighted by Crippen LogP contribution is -2.23. The summed E-state index contributed by atoms with van der Waals surface area (Å²) >= 11 is 6.48. The van der Waals surface area contributed by atoms with Gasteiger partial charge in [-0.05, 0) is 55.5 Å². The van der Waals surface area contributed by atoms with Crippen molar-refractivity contribution >= 4 is 11.6 Å². The molecule has 2 heteroatoms. The molecule has 1 aliphatic rings. The summed E-state index contributed by atoms with van der Waals surface area (Å²) in [5, 5.41) is 4.55. The second-order valence-electron chi connectivity index (χ2n) is 5.95. The van der Waals surface area contributed by atoms with Crippen molar-refractivity contribution in [2.75, 3.05) is 6.54 Å². The average molecular weight is 280 g/mol. The fraction of sp³-hybridized carbons (Fsp3) is 0.647. The number of benzene rings is 1.